The number of ether oxygens (including phenoxy) is 3. The normalized spacial score (nSPS) is 19.8. The zero-order valence-corrected chi connectivity index (χ0v) is 22.1. The molecule has 0 spiro atoms. The van der Waals surface area contributed by atoms with Gasteiger partial charge in [-0.15, -0.1) is 0 Å². The molecule has 16 heteroatoms. The van der Waals surface area contributed by atoms with Crippen LogP contribution < -0.4 is 20.9 Å². The van der Waals surface area contributed by atoms with Gasteiger partial charge in [-0.1, -0.05) is 0 Å². The van der Waals surface area contributed by atoms with Gasteiger partial charge in [0.05, 0.1) is 29.9 Å². The molecular weight excluding hydrogens is 555 g/mol. The van der Waals surface area contributed by atoms with Gasteiger partial charge < -0.3 is 30.7 Å². The van der Waals surface area contributed by atoms with Crippen LogP contribution in [-0.2, 0) is 20.9 Å². The molecule has 2 fully saturated rings. The third kappa shape index (κ3) is 4.57. The molecule has 0 bridgehead atoms. The Morgan fingerprint density at radius 2 is 1.62 bits per heavy atom. The number of aromatic nitrogens is 3. The number of fused-ring (bicyclic) bond motifs is 2. The summed E-state index contributed by atoms with van der Waals surface area (Å²) in [5, 5.41) is -0.443. The van der Waals surface area contributed by atoms with Crippen molar-refractivity contribution < 1.29 is 35.8 Å². The Hall–Kier alpha value is -3.34. The van der Waals surface area contributed by atoms with Crippen LogP contribution in [0.3, 0.4) is 0 Å². The molecule has 0 amide bonds. The number of benzene rings is 1. The Morgan fingerprint density at radius 1 is 0.950 bits per heavy atom. The molecule has 0 aliphatic carbocycles. The van der Waals surface area contributed by atoms with E-state index in [4.69, 9.17) is 25.7 Å². The van der Waals surface area contributed by atoms with E-state index < -0.39 is 38.7 Å². The van der Waals surface area contributed by atoms with Gasteiger partial charge in [-0.3, -0.25) is 4.90 Å². The highest BCUT2D eigenvalue weighted by Crippen LogP contribution is 2.50. The van der Waals surface area contributed by atoms with E-state index in [1.807, 2.05) is 0 Å². The van der Waals surface area contributed by atoms with Crippen LogP contribution in [-0.4, -0.2) is 91.2 Å². The lowest BCUT2D eigenvalue weighted by molar-refractivity contribution is -0.135. The van der Waals surface area contributed by atoms with Crippen molar-refractivity contribution in [2.75, 3.05) is 64.1 Å². The largest absolute Gasteiger partial charge is 0.485 e. The number of nitrogen functional groups attached to an aromatic ring is 2. The van der Waals surface area contributed by atoms with E-state index in [2.05, 4.69) is 19.9 Å². The van der Waals surface area contributed by atoms with Gasteiger partial charge in [-0.05, 0) is 25.0 Å². The highest BCUT2D eigenvalue weighted by Gasteiger charge is 2.42. The van der Waals surface area contributed by atoms with Crippen molar-refractivity contribution in [1.82, 2.24) is 24.2 Å². The summed E-state index contributed by atoms with van der Waals surface area (Å²) < 4.78 is 88.8. The van der Waals surface area contributed by atoms with Crippen molar-refractivity contribution in [3.63, 3.8) is 0 Å². The molecule has 0 radical (unpaired) electrons. The number of morpholine rings is 1. The first-order valence-electron chi connectivity index (χ1n) is 12.8. The van der Waals surface area contributed by atoms with E-state index in [1.54, 1.807) is 0 Å². The predicted molar refractivity (Wildman–Crippen MR) is 138 cm³/mol. The number of sulfonamides is 1. The van der Waals surface area contributed by atoms with Gasteiger partial charge >= 0.3 is 6.18 Å². The van der Waals surface area contributed by atoms with Crippen LogP contribution in [0.25, 0.3) is 22.3 Å². The molecule has 1 aromatic carbocycles. The number of piperidine rings is 1. The SMILES string of the molecule is Nc1nc(N)c2c(C(F)(F)F)c(-c3ccc(S(=O)(=O)N4CCC(N5CCOCC5)CC4)c4c3OCCO4)[nH]c2n1. The summed E-state index contributed by atoms with van der Waals surface area (Å²) in [5.74, 6) is -0.994. The number of alkyl halides is 3. The van der Waals surface area contributed by atoms with Gasteiger partial charge in [0, 0.05) is 37.8 Å². The van der Waals surface area contributed by atoms with E-state index in [0.29, 0.717) is 39.1 Å². The molecule has 2 saturated heterocycles. The molecule has 216 valence electrons. The Balaban J connectivity index is 1.39. The van der Waals surface area contributed by atoms with E-state index in [9.17, 15) is 21.6 Å². The van der Waals surface area contributed by atoms with Crippen molar-refractivity contribution in [3.8, 4) is 22.8 Å². The van der Waals surface area contributed by atoms with Gasteiger partial charge in [-0.25, -0.2) is 8.42 Å². The van der Waals surface area contributed by atoms with Gasteiger partial charge in [0.25, 0.3) is 0 Å². The number of nitrogens with one attached hydrogen (secondary N) is 1. The van der Waals surface area contributed by atoms with Crippen LogP contribution in [0.5, 0.6) is 11.5 Å². The maximum atomic E-state index is 14.3. The van der Waals surface area contributed by atoms with Crippen molar-refractivity contribution >= 4 is 32.8 Å². The lowest BCUT2D eigenvalue weighted by atomic mass is 10.0. The summed E-state index contributed by atoms with van der Waals surface area (Å²) in [6, 6.07) is 2.79. The van der Waals surface area contributed by atoms with Crippen LogP contribution in [0, 0.1) is 0 Å². The molecular formula is C24H28F3N7O5S. The number of rotatable bonds is 4. The third-order valence-electron chi connectivity index (χ3n) is 7.51. The zero-order valence-electron chi connectivity index (χ0n) is 21.3. The summed E-state index contributed by atoms with van der Waals surface area (Å²) in [5.41, 5.74) is 9.62. The summed E-state index contributed by atoms with van der Waals surface area (Å²) in [6.07, 6.45) is -3.54. The first kappa shape index (κ1) is 26.9. The minimum absolute atomic E-state index is 0.0188. The molecule has 40 heavy (non-hydrogen) atoms. The van der Waals surface area contributed by atoms with Crippen LogP contribution in [0.2, 0.25) is 0 Å². The van der Waals surface area contributed by atoms with Crippen molar-refractivity contribution in [3.05, 3.63) is 17.7 Å². The number of hydrogen-bond donors (Lipinski definition) is 3. The molecule has 2 aromatic heterocycles. The van der Waals surface area contributed by atoms with Crippen molar-refractivity contribution in [2.24, 2.45) is 0 Å². The molecule has 0 saturated carbocycles. The van der Waals surface area contributed by atoms with Crippen LogP contribution in [0.15, 0.2) is 17.0 Å². The number of nitrogens with two attached hydrogens (primary N) is 2. The van der Waals surface area contributed by atoms with E-state index in [1.165, 1.54) is 16.4 Å². The predicted octanol–water partition coefficient (Wildman–Crippen LogP) is 2.06. The van der Waals surface area contributed by atoms with Gasteiger partial charge in [0.2, 0.25) is 16.0 Å². The number of hydrogen-bond acceptors (Lipinski definition) is 10. The Bertz CT molecular complexity index is 1550. The highest BCUT2D eigenvalue weighted by molar-refractivity contribution is 7.89. The topological polar surface area (TPSA) is 162 Å². The van der Waals surface area contributed by atoms with Gasteiger partial charge in [-0.2, -0.15) is 27.4 Å². The number of aromatic amines is 1. The van der Waals surface area contributed by atoms with E-state index in [-0.39, 0.29) is 52.8 Å². The Labute approximate surface area is 227 Å². The average Bonchev–Trinajstić information content (AvgIpc) is 3.33. The summed E-state index contributed by atoms with van der Waals surface area (Å²) >= 11 is 0. The quantitative estimate of drug-likeness (QED) is 0.415. The second-order valence-corrected chi connectivity index (χ2v) is 11.7. The van der Waals surface area contributed by atoms with Gasteiger partial charge in [0.1, 0.15) is 29.6 Å². The molecule has 5 N–H and O–H groups in total. The number of halogens is 3. The molecule has 3 aliphatic heterocycles. The third-order valence-corrected chi connectivity index (χ3v) is 9.43. The van der Waals surface area contributed by atoms with E-state index >= 15 is 0 Å². The Kier molecular flexibility index (Phi) is 6.67. The van der Waals surface area contributed by atoms with Gasteiger partial charge in [0.15, 0.2) is 11.5 Å². The summed E-state index contributed by atoms with van der Waals surface area (Å²) in [6.45, 7) is 3.62. The fourth-order valence-electron chi connectivity index (χ4n) is 5.67. The minimum atomic E-state index is -4.86. The summed E-state index contributed by atoms with van der Waals surface area (Å²) in [4.78, 5) is 12.3. The highest BCUT2D eigenvalue weighted by atomic mass is 32.2. The molecule has 6 rings (SSSR count). The molecule has 5 heterocycles. The van der Waals surface area contributed by atoms with Crippen molar-refractivity contribution in [1.29, 1.82) is 0 Å². The van der Waals surface area contributed by atoms with Crippen LogP contribution in [0.4, 0.5) is 24.9 Å². The molecule has 3 aromatic rings. The monoisotopic (exact) mass is 583 g/mol. The van der Waals surface area contributed by atoms with Crippen molar-refractivity contribution in [2.45, 2.75) is 30.0 Å². The van der Waals surface area contributed by atoms with Crippen LogP contribution in [0.1, 0.15) is 18.4 Å². The maximum Gasteiger partial charge on any atom is 0.419 e. The number of nitrogens with zero attached hydrogens (tertiary/aromatic N) is 4. The fraction of sp³-hybridized carbons (Fsp3) is 0.500. The smallest absolute Gasteiger partial charge is 0.419 e. The van der Waals surface area contributed by atoms with Crippen LogP contribution >= 0.6 is 0 Å². The fourth-order valence-corrected chi connectivity index (χ4v) is 7.26. The Morgan fingerprint density at radius 3 is 2.30 bits per heavy atom. The molecule has 3 aliphatic rings. The maximum absolute atomic E-state index is 14.3. The molecule has 0 atom stereocenters. The molecule has 12 nitrogen and oxygen atoms in total. The zero-order chi connectivity index (χ0) is 28.2. The number of anilines is 2. The molecule has 0 unspecified atom stereocenters. The van der Waals surface area contributed by atoms with E-state index in [0.717, 1.165) is 13.1 Å². The number of H-pyrrole nitrogens is 1. The second-order valence-electron chi connectivity index (χ2n) is 9.81. The first-order chi connectivity index (χ1) is 19.1. The standard InChI is InChI=1S/C24H28F3N7O5S/c25-24(26,27)17-16-21(28)31-23(29)32-22(16)30-18(17)14-1-2-15(20-19(14)38-11-12-39-20)40(35,36)34-5-3-13(4-6-34)33-7-9-37-10-8-33/h1-2,13H,3-12H2,(H5,28,29,30,31,32). The lowest BCUT2D eigenvalue weighted by Crippen LogP contribution is -2.50. The lowest BCUT2D eigenvalue weighted by Gasteiger charge is -2.39. The average molecular weight is 584 g/mol. The summed E-state index contributed by atoms with van der Waals surface area (Å²) in [7, 11) is -4.04. The second kappa shape index (κ2) is 9.94. The first-order valence-corrected chi connectivity index (χ1v) is 14.3. The minimum Gasteiger partial charge on any atom is -0.485 e.